The summed E-state index contributed by atoms with van der Waals surface area (Å²) in [7, 11) is 1.65. The first-order chi connectivity index (χ1) is 8.63. The Labute approximate surface area is 116 Å². The maximum absolute atomic E-state index is 9.91. The van der Waals surface area contributed by atoms with Crippen molar-refractivity contribution in [2.75, 3.05) is 7.05 Å². The van der Waals surface area contributed by atoms with E-state index >= 15 is 0 Å². The van der Waals surface area contributed by atoms with Gasteiger partial charge in [0.1, 0.15) is 5.75 Å². The minimum atomic E-state index is 0.125. The zero-order chi connectivity index (χ0) is 13.1. The quantitative estimate of drug-likeness (QED) is 0.823. The molecule has 0 saturated carbocycles. The van der Waals surface area contributed by atoms with E-state index in [1.807, 2.05) is 18.2 Å². The summed E-state index contributed by atoms with van der Waals surface area (Å²) in [6, 6.07) is 12.2. The van der Waals surface area contributed by atoms with Crippen LogP contribution >= 0.6 is 23.2 Å². The van der Waals surface area contributed by atoms with Gasteiger partial charge in [0.05, 0.1) is 5.71 Å². The lowest BCUT2D eigenvalue weighted by molar-refractivity contribution is 0.474. The van der Waals surface area contributed by atoms with Crippen LogP contribution in [0.1, 0.15) is 11.1 Å². The van der Waals surface area contributed by atoms with Crippen molar-refractivity contribution in [1.82, 2.24) is 0 Å². The van der Waals surface area contributed by atoms with Gasteiger partial charge in [0, 0.05) is 28.2 Å². The molecule has 0 bridgehead atoms. The maximum atomic E-state index is 9.91. The standard InChI is InChI=1S/C14H11Cl2NO/c1-17-14(10-4-2-3-5-12(10)16)11-8-9(15)6-7-13(11)18/h2-8,18H,1H3. The second-order valence-electron chi connectivity index (χ2n) is 3.71. The van der Waals surface area contributed by atoms with Crippen molar-refractivity contribution in [3.05, 3.63) is 63.6 Å². The fourth-order valence-electron chi connectivity index (χ4n) is 1.74. The van der Waals surface area contributed by atoms with Crippen LogP contribution in [0.15, 0.2) is 47.5 Å². The molecular formula is C14H11Cl2NO. The molecule has 0 aromatic heterocycles. The molecule has 0 heterocycles. The van der Waals surface area contributed by atoms with E-state index in [1.165, 1.54) is 0 Å². The Hall–Kier alpha value is -1.51. The van der Waals surface area contributed by atoms with Gasteiger partial charge in [0.15, 0.2) is 0 Å². The van der Waals surface area contributed by atoms with Crippen molar-refractivity contribution in [1.29, 1.82) is 0 Å². The molecule has 0 radical (unpaired) electrons. The highest BCUT2D eigenvalue weighted by atomic mass is 35.5. The highest BCUT2D eigenvalue weighted by Crippen LogP contribution is 2.27. The highest BCUT2D eigenvalue weighted by Gasteiger charge is 2.13. The van der Waals surface area contributed by atoms with Crippen LogP contribution in [0.2, 0.25) is 10.0 Å². The van der Waals surface area contributed by atoms with Crippen LogP contribution in [0.3, 0.4) is 0 Å². The zero-order valence-corrected chi connectivity index (χ0v) is 11.2. The maximum Gasteiger partial charge on any atom is 0.125 e. The molecule has 2 aromatic rings. The van der Waals surface area contributed by atoms with Crippen molar-refractivity contribution in [2.24, 2.45) is 4.99 Å². The molecule has 18 heavy (non-hydrogen) atoms. The fraction of sp³-hybridized carbons (Fsp3) is 0.0714. The van der Waals surface area contributed by atoms with Crippen molar-refractivity contribution in [3.8, 4) is 5.75 Å². The molecule has 0 spiro atoms. The number of hydrogen-bond donors (Lipinski definition) is 1. The molecule has 0 amide bonds. The van der Waals surface area contributed by atoms with E-state index in [2.05, 4.69) is 4.99 Å². The topological polar surface area (TPSA) is 32.6 Å². The number of phenols is 1. The molecule has 92 valence electrons. The predicted octanol–water partition coefficient (Wildman–Crippen LogP) is 4.17. The molecule has 2 aromatic carbocycles. The molecule has 0 aliphatic heterocycles. The first-order valence-corrected chi connectivity index (χ1v) is 6.09. The molecule has 4 heteroatoms. The number of aliphatic imine (C=N–C) groups is 1. The number of aromatic hydroxyl groups is 1. The lowest BCUT2D eigenvalue weighted by atomic mass is 10.0. The Morgan fingerprint density at radius 3 is 2.44 bits per heavy atom. The third kappa shape index (κ3) is 2.50. The monoisotopic (exact) mass is 279 g/mol. The summed E-state index contributed by atoms with van der Waals surface area (Å²) in [4.78, 5) is 4.20. The Bertz CT molecular complexity index is 608. The summed E-state index contributed by atoms with van der Waals surface area (Å²) < 4.78 is 0. The van der Waals surface area contributed by atoms with Gasteiger partial charge < -0.3 is 5.11 Å². The summed E-state index contributed by atoms with van der Waals surface area (Å²) >= 11 is 12.1. The van der Waals surface area contributed by atoms with Gasteiger partial charge in [-0.1, -0.05) is 41.4 Å². The van der Waals surface area contributed by atoms with Gasteiger partial charge in [-0.25, -0.2) is 0 Å². The van der Waals surface area contributed by atoms with Crippen molar-refractivity contribution < 1.29 is 5.11 Å². The van der Waals surface area contributed by atoms with E-state index in [-0.39, 0.29) is 5.75 Å². The molecule has 2 rings (SSSR count). The van der Waals surface area contributed by atoms with Gasteiger partial charge in [-0.15, -0.1) is 0 Å². The van der Waals surface area contributed by atoms with Crippen LogP contribution in [0, 0.1) is 0 Å². The van der Waals surface area contributed by atoms with E-state index in [0.717, 1.165) is 5.56 Å². The van der Waals surface area contributed by atoms with E-state index in [9.17, 15) is 5.11 Å². The number of halogens is 2. The van der Waals surface area contributed by atoms with E-state index < -0.39 is 0 Å². The minimum Gasteiger partial charge on any atom is -0.507 e. The van der Waals surface area contributed by atoms with Crippen LogP contribution in [0.25, 0.3) is 0 Å². The smallest absolute Gasteiger partial charge is 0.125 e. The normalized spacial score (nSPS) is 11.6. The number of phenolic OH excluding ortho intramolecular Hbond substituents is 1. The van der Waals surface area contributed by atoms with Crippen LogP contribution in [-0.2, 0) is 0 Å². The Morgan fingerprint density at radius 1 is 1.06 bits per heavy atom. The van der Waals surface area contributed by atoms with Gasteiger partial charge in [0.25, 0.3) is 0 Å². The molecule has 0 atom stereocenters. The lowest BCUT2D eigenvalue weighted by Crippen LogP contribution is -2.04. The van der Waals surface area contributed by atoms with Crippen molar-refractivity contribution >= 4 is 28.9 Å². The van der Waals surface area contributed by atoms with Gasteiger partial charge in [-0.2, -0.15) is 0 Å². The van der Waals surface area contributed by atoms with E-state index in [1.54, 1.807) is 31.3 Å². The Balaban J connectivity index is 2.60. The summed E-state index contributed by atoms with van der Waals surface area (Å²) in [6.07, 6.45) is 0. The van der Waals surface area contributed by atoms with Crippen LogP contribution in [0.4, 0.5) is 0 Å². The van der Waals surface area contributed by atoms with Gasteiger partial charge in [-0.3, -0.25) is 4.99 Å². The summed E-state index contributed by atoms with van der Waals surface area (Å²) in [6.45, 7) is 0. The minimum absolute atomic E-state index is 0.125. The van der Waals surface area contributed by atoms with Gasteiger partial charge in [0.2, 0.25) is 0 Å². The fourth-order valence-corrected chi connectivity index (χ4v) is 2.13. The lowest BCUT2D eigenvalue weighted by Gasteiger charge is -2.10. The summed E-state index contributed by atoms with van der Waals surface area (Å²) in [5, 5.41) is 11.0. The Morgan fingerprint density at radius 2 is 1.78 bits per heavy atom. The molecule has 0 fully saturated rings. The molecule has 0 saturated heterocycles. The van der Waals surface area contributed by atoms with Crippen molar-refractivity contribution in [2.45, 2.75) is 0 Å². The van der Waals surface area contributed by atoms with Crippen LogP contribution in [-0.4, -0.2) is 17.9 Å². The SMILES string of the molecule is CN=C(c1cc(Cl)ccc1O)c1ccccc1Cl. The summed E-state index contributed by atoms with van der Waals surface area (Å²) in [5.74, 6) is 0.125. The molecule has 0 aliphatic carbocycles. The number of nitrogens with zero attached hydrogens (tertiary/aromatic N) is 1. The third-order valence-corrected chi connectivity index (χ3v) is 3.13. The molecular weight excluding hydrogens is 269 g/mol. The number of benzene rings is 2. The average molecular weight is 280 g/mol. The molecule has 0 aliphatic rings. The van der Waals surface area contributed by atoms with Crippen molar-refractivity contribution in [3.63, 3.8) is 0 Å². The van der Waals surface area contributed by atoms with Gasteiger partial charge >= 0.3 is 0 Å². The first kappa shape index (κ1) is 12.9. The van der Waals surface area contributed by atoms with Crippen LogP contribution < -0.4 is 0 Å². The number of hydrogen-bond acceptors (Lipinski definition) is 2. The first-order valence-electron chi connectivity index (χ1n) is 5.34. The molecule has 0 unspecified atom stereocenters. The third-order valence-electron chi connectivity index (χ3n) is 2.57. The number of rotatable bonds is 2. The van der Waals surface area contributed by atoms with Gasteiger partial charge in [-0.05, 0) is 24.3 Å². The van der Waals surface area contributed by atoms with E-state index in [0.29, 0.717) is 21.3 Å². The largest absolute Gasteiger partial charge is 0.507 e. The second kappa shape index (κ2) is 5.42. The van der Waals surface area contributed by atoms with E-state index in [4.69, 9.17) is 23.2 Å². The predicted molar refractivity (Wildman–Crippen MR) is 76.1 cm³/mol. The Kier molecular flexibility index (Phi) is 3.90. The molecule has 1 N–H and O–H groups in total. The molecule has 2 nitrogen and oxygen atoms in total. The zero-order valence-electron chi connectivity index (χ0n) is 9.69. The van der Waals surface area contributed by atoms with Crippen LogP contribution in [0.5, 0.6) is 5.75 Å². The summed E-state index contributed by atoms with van der Waals surface area (Å²) in [5.41, 5.74) is 1.94. The average Bonchev–Trinajstić information content (AvgIpc) is 2.36. The second-order valence-corrected chi connectivity index (χ2v) is 4.56. The highest BCUT2D eigenvalue weighted by molar-refractivity contribution is 6.36.